The molecule has 0 aliphatic heterocycles. The number of phenols is 1. The fourth-order valence-corrected chi connectivity index (χ4v) is 5.67. The van der Waals surface area contributed by atoms with E-state index in [2.05, 4.69) is 46.0 Å². The topological polar surface area (TPSA) is 80.0 Å². The first-order valence-electron chi connectivity index (χ1n) is 10.6. The van der Waals surface area contributed by atoms with E-state index in [0.717, 1.165) is 11.5 Å². The number of hydrogen-bond acceptors (Lipinski definition) is 6. The number of nitrogens with zero attached hydrogens (tertiary/aromatic N) is 6. The zero-order chi connectivity index (χ0) is 20.9. The molecule has 1 N–H and O–H groups in total. The van der Waals surface area contributed by atoms with E-state index in [1.165, 1.54) is 32.1 Å². The van der Waals surface area contributed by atoms with Gasteiger partial charge in [-0.05, 0) is 55.1 Å². The average Bonchev–Trinajstić information content (AvgIpc) is 3.33. The summed E-state index contributed by atoms with van der Waals surface area (Å²) in [7, 11) is 2.10. The Morgan fingerprint density at radius 1 is 1.13 bits per heavy atom. The molecule has 0 saturated heterocycles. The second kappa shape index (κ2) is 6.79. The summed E-state index contributed by atoms with van der Waals surface area (Å²) in [4.78, 5) is 10.8. The van der Waals surface area contributed by atoms with E-state index < -0.39 is 0 Å². The molecule has 0 unspecified atom stereocenters. The van der Waals surface area contributed by atoms with Gasteiger partial charge in [-0.2, -0.15) is 0 Å². The summed E-state index contributed by atoms with van der Waals surface area (Å²) >= 11 is 0. The molecule has 0 amide bonds. The van der Waals surface area contributed by atoms with Crippen molar-refractivity contribution in [3.8, 4) is 22.8 Å². The fourth-order valence-electron chi connectivity index (χ4n) is 5.67. The summed E-state index contributed by atoms with van der Waals surface area (Å²) in [5.41, 5.74) is 2.27. The standard InChI is InChI=1S/C23H28N6O/c1-22-6-7-23(2,14-22)12-17(11-22)28(3)20-13-25-21(27-26-20)18-5-4-16(10-19(18)30)29-9-8-24-15-29/h4-5,8-10,13,15,17,30H,6-7,11-12,14H2,1-3H3/t17-,22-,23+. The van der Waals surface area contributed by atoms with Gasteiger partial charge in [-0.15, -0.1) is 10.2 Å². The second-order valence-corrected chi connectivity index (χ2v) is 9.78. The van der Waals surface area contributed by atoms with Crippen molar-refractivity contribution in [1.82, 2.24) is 24.7 Å². The SMILES string of the molecule is CN(c1cnc(-c2ccc(-n3ccnc3)cc2O)nn1)[C@H]1C[C@]2(C)CC[C@](C)(C1)C2. The highest BCUT2D eigenvalue weighted by molar-refractivity contribution is 5.66. The van der Waals surface area contributed by atoms with Gasteiger partial charge in [0.2, 0.25) is 0 Å². The number of rotatable bonds is 4. The van der Waals surface area contributed by atoms with Crippen molar-refractivity contribution < 1.29 is 5.11 Å². The van der Waals surface area contributed by atoms with Gasteiger partial charge in [-0.3, -0.25) is 0 Å². The van der Waals surface area contributed by atoms with Crippen LogP contribution in [0, 0.1) is 10.8 Å². The Kier molecular flexibility index (Phi) is 4.31. The monoisotopic (exact) mass is 404 g/mol. The van der Waals surface area contributed by atoms with Crippen LogP contribution in [0.4, 0.5) is 5.82 Å². The minimum absolute atomic E-state index is 0.119. The van der Waals surface area contributed by atoms with Crippen LogP contribution in [0.25, 0.3) is 17.1 Å². The van der Waals surface area contributed by atoms with Gasteiger partial charge in [0.05, 0.1) is 23.8 Å². The van der Waals surface area contributed by atoms with Gasteiger partial charge in [-0.25, -0.2) is 9.97 Å². The Bertz CT molecular complexity index is 1030. The number of aromatic nitrogens is 5. The Hall–Kier alpha value is -2.96. The molecular formula is C23H28N6O. The number of fused-ring (bicyclic) bond motifs is 2. The van der Waals surface area contributed by atoms with Crippen LogP contribution in [0.3, 0.4) is 0 Å². The first-order valence-corrected chi connectivity index (χ1v) is 10.6. The van der Waals surface area contributed by atoms with Crippen LogP contribution in [-0.4, -0.2) is 42.9 Å². The first kappa shape index (κ1) is 19.0. The minimum Gasteiger partial charge on any atom is -0.507 e. The minimum atomic E-state index is 0.119. The van der Waals surface area contributed by atoms with E-state index in [-0.39, 0.29) is 5.75 Å². The number of benzene rings is 1. The zero-order valence-corrected chi connectivity index (χ0v) is 17.8. The summed E-state index contributed by atoms with van der Waals surface area (Å²) in [6.07, 6.45) is 13.4. The van der Waals surface area contributed by atoms with Gasteiger partial charge < -0.3 is 14.6 Å². The lowest BCUT2D eigenvalue weighted by Crippen LogP contribution is -2.43. The van der Waals surface area contributed by atoms with E-state index in [4.69, 9.17) is 0 Å². The quantitative estimate of drug-likeness (QED) is 0.701. The third-order valence-electron chi connectivity index (χ3n) is 7.13. The summed E-state index contributed by atoms with van der Waals surface area (Å²) in [5.74, 6) is 1.32. The molecule has 2 aliphatic carbocycles. The van der Waals surface area contributed by atoms with E-state index in [9.17, 15) is 5.11 Å². The predicted octanol–water partition coefficient (Wildman–Crippen LogP) is 4.23. The smallest absolute Gasteiger partial charge is 0.185 e. The Morgan fingerprint density at radius 3 is 2.50 bits per heavy atom. The molecule has 2 fully saturated rings. The Morgan fingerprint density at radius 2 is 1.90 bits per heavy atom. The van der Waals surface area contributed by atoms with Crippen LogP contribution < -0.4 is 4.90 Å². The molecule has 0 radical (unpaired) electrons. The number of phenolic OH excluding ortho intramolecular Hbond substituents is 1. The van der Waals surface area contributed by atoms with Crippen LogP contribution >= 0.6 is 0 Å². The van der Waals surface area contributed by atoms with E-state index in [0.29, 0.717) is 28.3 Å². The van der Waals surface area contributed by atoms with Gasteiger partial charge in [0, 0.05) is 31.5 Å². The molecule has 2 bridgehead atoms. The van der Waals surface area contributed by atoms with Crippen LogP contribution in [0.5, 0.6) is 5.75 Å². The van der Waals surface area contributed by atoms with Crippen LogP contribution in [0.1, 0.15) is 46.0 Å². The summed E-state index contributed by atoms with van der Waals surface area (Å²) in [6.45, 7) is 4.86. The number of aromatic hydroxyl groups is 1. The molecule has 7 nitrogen and oxygen atoms in total. The zero-order valence-electron chi connectivity index (χ0n) is 17.8. The molecule has 1 aromatic carbocycles. The van der Waals surface area contributed by atoms with E-state index in [1.807, 2.05) is 22.9 Å². The van der Waals surface area contributed by atoms with E-state index in [1.54, 1.807) is 24.8 Å². The maximum absolute atomic E-state index is 10.5. The van der Waals surface area contributed by atoms with Gasteiger partial charge in [0.1, 0.15) is 5.75 Å². The maximum Gasteiger partial charge on any atom is 0.185 e. The predicted molar refractivity (Wildman–Crippen MR) is 116 cm³/mol. The lowest BCUT2D eigenvalue weighted by Gasteiger charge is -2.44. The number of anilines is 1. The normalized spacial score (nSPS) is 27.9. The molecule has 2 aromatic heterocycles. The molecule has 5 rings (SSSR count). The lowest BCUT2D eigenvalue weighted by atomic mass is 9.68. The summed E-state index contributed by atoms with van der Waals surface area (Å²) in [5, 5.41) is 19.3. The molecule has 2 aliphatic rings. The van der Waals surface area contributed by atoms with Crippen molar-refractivity contribution in [2.45, 2.75) is 52.0 Å². The largest absolute Gasteiger partial charge is 0.507 e. The molecule has 7 heteroatoms. The summed E-state index contributed by atoms with van der Waals surface area (Å²) in [6, 6.07) is 5.85. The molecule has 156 valence electrons. The van der Waals surface area contributed by atoms with Crippen molar-refractivity contribution in [1.29, 1.82) is 0 Å². The Labute approximate surface area is 176 Å². The molecular weight excluding hydrogens is 376 g/mol. The van der Waals surface area contributed by atoms with Crippen LogP contribution in [-0.2, 0) is 0 Å². The van der Waals surface area contributed by atoms with Crippen LogP contribution in [0.15, 0.2) is 43.1 Å². The molecule has 0 spiro atoms. The van der Waals surface area contributed by atoms with E-state index >= 15 is 0 Å². The Balaban J connectivity index is 1.36. The highest BCUT2D eigenvalue weighted by Crippen LogP contribution is 2.58. The fraction of sp³-hybridized carbons (Fsp3) is 0.478. The third kappa shape index (κ3) is 3.32. The first-order chi connectivity index (χ1) is 14.3. The van der Waals surface area contributed by atoms with Crippen molar-refractivity contribution in [3.05, 3.63) is 43.1 Å². The van der Waals surface area contributed by atoms with Crippen molar-refractivity contribution >= 4 is 5.82 Å². The molecule has 2 saturated carbocycles. The van der Waals surface area contributed by atoms with Crippen molar-refractivity contribution in [2.24, 2.45) is 10.8 Å². The molecule has 2 heterocycles. The third-order valence-corrected chi connectivity index (χ3v) is 7.13. The van der Waals surface area contributed by atoms with Crippen molar-refractivity contribution in [2.75, 3.05) is 11.9 Å². The molecule has 3 aromatic rings. The number of imidazole rings is 1. The second-order valence-electron chi connectivity index (χ2n) is 9.78. The van der Waals surface area contributed by atoms with Gasteiger partial charge >= 0.3 is 0 Å². The number of hydrogen-bond donors (Lipinski definition) is 1. The van der Waals surface area contributed by atoms with Crippen molar-refractivity contribution in [3.63, 3.8) is 0 Å². The summed E-state index contributed by atoms with van der Waals surface area (Å²) < 4.78 is 1.83. The molecule has 3 atom stereocenters. The highest BCUT2D eigenvalue weighted by Gasteiger charge is 2.50. The molecule has 30 heavy (non-hydrogen) atoms. The van der Waals surface area contributed by atoms with Gasteiger partial charge in [0.15, 0.2) is 11.6 Å². The van der Waals surface area contributed by atoms with Gasteiger partial charge in [0.25, 0.3) is 0 Å². The average molecular weight is 405 g/mol. The maximum atomic E-state index is 10.5. The van der Waals surface area contributed by atoms with Gasteiger partial charge in [-0.1, -0.05) is 13.8 Å². The lowest BCUT2D eigenvalue weighted by molar-refractivity contribution is 0.148. The van der Waals surface area contributed by atoms with Crippen LogP contribution in [0.2, 0.25) is 0 Å². The highest BCUT2D eigenvalue weighted by atomic mass is 16.3.